The van der Waals surface area contributed by atoms with E-state index < -0.39 is 11.4 Å². The number of aromatic nitrogens is 1. The van der Waals surface area contributed by atoms with Crippen LogP contribution in [0.2, 0.25) is 0 Å². The molecule has 2 aliphatic heterocycles. The summed E-state index contributed by atoms with van der Waals surface area (Å²) in [6, 6.07) is 3.39. The van der Waals surface area contributed by atoms with Gasteiger partial charge in [0.25, 0.3) is 11.8 Å². The summed E-state index contributed by atoms with van der Waals surface area (Å²) in [5.41, 5.74) is 3.09. The van der Waals surface area contributed by atoms with Crippen molar-refractivity contribution >= 4 is 11.8 Å². The molecule has 1 aromatic rings. The number of hydrogen-bond acceptors (Lipinski definition) is 6. The molecule has 1 aromatic heterocycles. The number of carbonyl (C=O) groups excluding carboxylic acids is 2. The Hall–Kier alpha value is -2.45. The minimum absolute atomic E-state index is 0.118. The number of fused-ring (bicyclic) bond motifs is 3. The van der Waals surface area contributed by atoms with E-state index in [1.54, 1.807) is 32.2 Å². The molecule has 8 heteroatoms. The quantitative estimate of drug-likeness (QED) is 0.562. The van der Waals surface area contributed by atoms with E-state index in [-0.39, 0.29) is 30.9 Å². The van der Waals surface area contributed by atoms with Crippen LogP contribution in [0.25, 0.3) is 0 Å². The minimum Gasteiger partial charge on any atom is -0.330 e. The van der Waals surface area contributed by atoms with Crippen molar-refractivity contribution in [3.05, 3.63) is 41.9 Å². The Morgan fingerprint density at radius 2 is 2.15 bits per heavy atom. The Morgan fingerprint density at radius 1 is 1.42 bits per heavy atom. The number of nitrogens with one attached hydrogen (secondary N) is 2. The van der Waals surface area contributed by atoms with Crippen molar-refractivity contribution in [2.45, 2.75) is 39.1 Å². The number of ether oxygens (including phenoxy) is 1. The zero-order valence-corrected chi connectivity index (χ0v) is 15.5. The van der Waals surface area contributed by atoms with Gasteiger partial charge >= 0.3 is 0 Å². The van der Waals surface area contributed by atoms with Crippen LogP contribution >= 0.6 is 0 Å². The summed E-state index contributed by atoms with van der Waals surface area (Å²) in [6.45, 7) is 11.3. The number of hydroxylamine groups is 1. The second-order valence-corrected chi connectivity index (χ2v) is 7.02. The smallest absolute Gasteiger partial charge is 0.271 e. The summed E-state index contributed by atoms with van der Waals surface area (Å²) in [6.07, 6.45) is 1.58. The summed E-state index contributed by atoms with van der Waals surface area (Å²) < 4.78 is 6.03. The molecule has 2 unspecified atom stereocenters. The molecule has 3 heterocycles. The maximum Gasteiger partial charge on any atom is 0.271 e. The Morgan fingerprint density at radius 3 is 2.81 bits per heavy atom. The van der Waals surface area contributed by atoms with E-state index in [1.807, 2.05) is 13.8 Å². The van der Waals surface area contributed by atoms with Crippen molar-refractivity contribution in [2.75, 3.05) is 13.2 Å². The van der Waals surface area contributed by atoms with E-state index in [4.69, 9.17) is 9.57 Å². The van der Waals surface area contributed by atoms with Crippen LogP contribution in [0.3, 0.4) is 0 Å². The Bertz CT molecular complexity index is 765. The fraction of sp³-hybridized carbons (Fsp3) is 0.500. The maximum atomic E-state index is 13.1. The van der Waals surface area contributed by atoms with Crippen LogP contribution in [0.4, 0.5) is 0 Å². The van der Waals surface area contributed by atoms with E-state index in [0.29, 0.717) is 17.0 Å². The molecule has 8 nitrogen and oxygen atoms in total. The summed E-state index contributed by atoms with van der Waals surface area (Å²) in [4.78, 5) is 37.0. The van der Waals surface area contributed by atoms with Gasteiger partial charge in [-0.3, -0.25) is 29.8 Å². The third-order valence-electron chi connectivity index (χ3n) is 4.95. The van der Waals surface area contributed by atoms with Gasteiger partial charge in [-0.05, 0) is 31.9 Å². The summed E-state index contributed by atoms with van der Waals surface area (Å²) in [5.74, 6) is -2.08. The molecule has 0 aromatic carbocycles. The predicted molar refractivity (Wildman–Crippen MR) is 93.3 cm³/mol. The van der Waals surface area contributed by atoms with Crippen LogP contribution in [0.1, 0.15) is 43.7 Å². The molecule has 3 rings (SSSR count). The van der Waals surface area contributed by atoms with E-state index in [9.17, 15) is 9.59 Å². The second kappa shape index (κ2) is 6.37. The highest BCUT2D eigenvalue weighted by molar-refractivity contribution is 6.06. The molecule has 2 amide bonds. The van der Waals surface area contributed by atoms with Crippen LogP contribution in [0, 0.1) is 5.92 Å². The summed E-state index contributed by atoms with van der Waals surface area (Å²) >= 11 is 0. The molecule has 0 bridgehead atoms. The Balaban J connectivity index is 1.94. The molecule has 140 valence electrons. The number of pyridine rings is 1. The molecule has 0 saturated carbocycles. The third-order valence-corrected chi connectivity index (χ3v) is 4.95. The van der Waals surface area contributed by atoms with Crippen molar-refractivity contribution in [3.63, 3.8) is 0 Å². The molecule has 0 spiro atoms. The number of rotatable bonds is 7. The lowest BCUT2D eigenvalue weighted by Gasteiger charge is -2.39. The molecule has 2 N–H and O–H groups in total. The highest BCUT2D eigenvalue weighted by Crippen LogP contribution is 2.48. The fourth-order valence-corrected chi connectivity index (χ4v) is 3.35. The first-order valence-electron chi connectivity index (χ1n) is 8.55. The van der Waals surface area contributed by atoms with Crippen LogP contribution in [-0.4, -0.2) is 40.5 Å². The summed E-state index contributed by atoms with van der Waals surface area (Å²) in [5, 5.41) is 2.88. The van der Waals surface area contributed by atoms with Crippen molar-refractivity contribution in [1.29, 1.82) is 0 Å². The van der Waals surface area contributed by atoms with Gasteiger partial charge in [0.05, 0.1) is 18.8 Å². The average Bonchev–Trinajstić information content (AvgIpc) is 2.97. The number of amides is 2. The lowest BCUT2D eigenvalue weighted by molar-refractivity contribution is -0.168. The molecule has 2 atom stereocenters. The highest BCUT2D eigenvalue weighted by atomic mass is 16.7. The van der Waals surface area contributed by atoms with E-state index >= 15 is 0 Å². The fourth-order valence-electron chi connectivity index (χ4n) is 3.35. The lowest BCUT2D eigenvalue weighted by Crippen LogP contribution is -2.56. The number of hydrogen-bond donors (Lipinski definition) is 2. The Labute approximate surface area is 152 Å². The van der Waals surface area contributed by atoms with E-state index in [2.05, 4.69) is 22.4 Å². The van der Waals surface area contributed by atoms with Gasteiger partial charge in [0.2, 0.25) is 5.91 Å². The third kappa shape index (κ3) is 2.48. The molecule has 1 saturated heterocycles. The van der Waals surface area contributed by atoms with Crippen LogP contribution in [0.5, 0.6) is 0 Å². The first kappa shape index (κ1) is 18.3. The van der Waals surface area contributed by atoms with Crippen LogP contribution in [-0.2, 0) is 20.2 Å². The molecular formula is C18H24N4O4. The van der Waals surface area contributed by atoms with Gasteiger partial charge < -0.3 is 10.1 Å². The monoisotopic (exact) mass is 360 g/mol. The molecular weight excluding hydrogens is 336 g/mol. The van der Waals surface area contributed by atoms with Crippen molar-refractivity contribution < 1.29 is 19.2 Å². The normalized spacial score (nSPS) is 26.7. The van der Waals surface area contributed by atoms with E-state index in [1.165, 1.54) is 4.90 Å². The summed E-state index contributed by atoms with van der Waals surface area (Å²) in [7, 11) is 0. The van der Waals surface area contributed by atoms with Crippen molar-refractivity contribution in [1.82, 2.24) is 20.7 Å². The first-order chi connectivity index (χ1) is 12.2. The standard InChI is InChI=1S/C18H24N4O4/c1-11(2)17(5)16(24)20-18(25-9-10-26-21-12(3)4)14-13(7-6-8-19-14)15(23)22(17)18/h6-8,11,21H,3,9-10H2,1-2,4-5H3,(H,20,24). The molecule has 2 aliphatic rings. The minimum atomic E-state index is -1.42. The largest absolute Gasteiger partial charge is 0.330 e. The van der Waals surface area contributed by atoms with Gasteiger partial charge in [0, 0.05) is 11.9 Å². The first-order valence-corrected chi connectivity index (χ1v) is 8.55. The van der Waals surface area contributed by atoms with Gasteiger partial charge in [0.1, 0.15) is 11.2 Å². The van der Waals surface area contributed by atoms with Gasteiger partial charge in [-0.25, -0.2) is 0 Å². The topological polar surface area (TPSA) is 92.8 Å². The molecule has 0 radical (unpaired) electrons. The van der Waals surface area contributed by atoms with Crippen molar-refractivity contribution in [2.24, 2.45) is 5.92 Å². The highest BCUT2D eigenvalue weighted by Gasteiger charge is 2.68. The zero-order chi connectivity index (χ0) is 19.1. The van der Waals surface area contributed by atoms with E-state index in [0.717, 1.165) is 0 Å². The maximum absolute atomic E-state index is 13.1. The lowest BCUT2D eigenvalue weighted by atomic mass is 9.87. The SMILES string of the molecule is C=C(C)NOCCOC12NC(=O)C(C)(C(C)C)N1C(=O)c1cccnc12. The van der Waals surface area contributed by atoms with Crippen LogP contribution in [0.15, 0.2) is 30.6 Å². The number of carbonyl (C=O) groups is 2. The van der Waals surface area contributed by atoms with Gasteiger partial charge in [-0.2, -0.15) is 0 Å². The van der Waals surface area contributed by atoms with Crippen LogP contribution < -0.4 is 10.8 Å². The van der Waals surface area contributed by atoms with Gasteiger partial charge in [-0.15, -0.1) is 0 Å². The average molecular weight is 360 g/mol. The number of nitrogens with zero attached hydrogens (tertiary/aromatic N) is 2. The van der Waals surface area contributed by atoms with Gasteiger partial charge in [-0.1, -0.05) is 20.4 Å². The molecule has 1 fully saturated rings. The predicted octanol–water partition coefficient (Wildman–Crippen LogP) is 1.26. The zero-order valence-electron chi connectivity index (χ0n) is 15.5. The van der Waals surface area contributed by atoms with Gasteiger partial charge in [0.15, 0.2) is 0 Å². The molecule has 26 heavy (non-hydrogen) atoms. The molecule has 0 aliphatic carbocycles. The number of allylic oxidation sites excluding steroid dienone is 1. The second-order valence-electron chi connectivity index (χ2n) is 7.02. The Kier molecular flexibility index (Phi) is 4.49. The van der Waals surface area contributed by atoms with Crippen molar-refractivity contribution in [3.8, 4) is 0 Å².